The molecule has 0 aliphatic heterocycles. The van der Waals surface area contributed by atoms with Crippen molar-refractivity contribution in [3.63, 3.8) is 0 Å². The fourth-order valence-corrected chi connectivity index (χ4v) is 8.10. The number of nitrogens with zero attached hydrogens (tertiary/aromatic N) is 3. The highest BCUT2D eigenvalue weighted by Crippen LogP contribution is 2.42. The minimum absolute atomic E-state index is 0.198. The van der Waals surface area contributed by atoms with Gasteiger partial charge in [-0.2, -0.15) is 0 Å². The Bertz CT molecular complexity index is 3000. The van der Waals surface area contributed by atoms with Crippen molar-refractivity contribution in [2.45, 2.75) is 40.5 Å². The number of hydrogen-bond donors (Lipinski definition) is 1. The van der Waals surface area contributed by atoms with Crippen LogP contribution >= 0.6 is 0 Å². The van der Waals surface area contributed by atoms with E-state index in [4.69, 9.17) is 9.97 Å². The van der Waals surface area contributed by atoms with Gasteiger partial charge in [-0.15, -0.1) is 0 Å². The van der Waals surface area contributed by atoms with Gasteiger partial charge in [0.25, 0.3) is 0 Å². The van der Waals surface area contributed by atoms with Crippen LogP contribution in [-0.4, -0.2) is 19.6 Å². The number of hydrogen-bond acceptors (Lipinski definition) is 3. The zero-order chi connectivity index (χ0) is 40.8. The first kappa shape index (κ1) is 35.4. The SMILES string of the molecule is [2H]C(C)(C)c1cc(-n2c(-c3cc(C)cc(C)c3O)nc3c(-c4cc(-c5ccccc5)cc(-c5cc(-c6ccc(C)cc6)ccn5)c4)cccc32)ccc1-c1ccccc1. The molecular formula is C54H45N3O. The number of phenols is 1. The molecule has 4 nitrogen and oxygen atoms in total. The van der Waals surface area contributed by atoms with Crippen molar-refractivity contribution >= 4 is 11.0 Å². The van der Waals surface area contributed by atoms with E-state index in [1.54, 1.807) is 0 Å². The van der Waals surface area contributed by atoms with Gasteiger partial charge in [0, 0.05) is 24.4 Å². The Morgan fingerprint density at radius 2 is 1.22 bits per heavy atom. The molecule has 1 N–H and O–H groups in total. The molecule has 0 atom stereocenters. The van der Waals surface area contributed by atoms with Crippen LogP contribution in [0.4, 0.5) is 0 Å². The molecule has 0 bridgehead atoms. The summed E-state index contributed by atoms with van der Waals surface area (Å²) in [6, 6.07) is 56.9. The van der Waals surface area contributed by atoms with Crippen molar-refractivity contribution in [3.05, 3.63) is 192 Å². The molecule has 9 aromatic rings. The van der Waals surface area contributed by atoms with E-state index in [9.17, 15) is 6.48 Å². The van der Waals surface area contributed by atoms with E-state index in [1.165, 1.54) is 5.56 Å². The first-order chi connectivity index (χ1) is 28.5. The third kappa shape index (κ3) is 6.88. The van der Waals surface area contributed by atoms with Gasteiger partial charge >= 0.3 is 0 Å². The van der Waals surface area contributed by atoms with Gasteiger partial charge < -0.3 is 5.11 Å². The highest BCUT2D eigenvalue weighted by atomic mass is 16.3. The number of imidazole rings is 1. The second kappa shape index (κ2) is 15.1. The fraction of sp³-hybridized carbons (Fsp3) is 0.111. The molecule has 0 amide bonds. The molecule has 0 aliphatic carbocycles. The monoisotopic (exact) mass is 752 g/mol. The number of fused-ring (bicyclic) bond motifs is 1. The van der Waals surface area contributed by atoms with Crippen molar-refractivity contribution in [1.29, 1.82) is 0 Å². The Balaban J connectivity index is 1.29. The predicted molar refractivity (Wildman–Crippen MR) is 241 cm³/mol. The highest BCUT2D eigenvalue weighted by Gasteiger charge is 2.23. The van der Waals surface area contributed by atoms with Gasteiger partial charge in [0.15, 0.2) is 0 Å². The number of rotatable bonds is 8. The Labute approximate surface area is 342 Å². The molecule has 58 heavy (non-hydrogen) atoms. The summed E-state index contributed by atoms with van der Waals surface area (Å²) in [4.78, 5) is 10.4. The van der Waals surface area contributed by atoms with Crippen molar-refractivity contribution in [1.82, 2.24) is 14.5 Å². The summed E-state index contributed by atoms with van der Waals surface area (Å²) in [5, 5.41) is 11.7. The summed E-state index contributed by atoms with van der Waals surface area (Å²) in [5.41, 5.74) is 17.5. The van der Waals surface area contributed by atoms with Gasteiger partial charge in [-0.25, -0.2) is 4.98 Å². The second-order valence-corrected chi connectivity index (χ2v) is 15.5. The van der Waals surface area contributed by atoms with E-state index in [0.29, 0.717) is 11.4 Å². The van der Waals surface area contributed by atoms with Gasteiger partial charge in [0.05, 0.1) is 22.3 Å². The number of para-hydroxylation sites is 1. The largest absolute Gasteiger partial charge is 0.507 e. The van der Waals surface area contributed by atoms with Crippen LogP contribution in [0.3, 0.4) is 0 Å². The fourth-order valence-electron chi connectivity index (χ4n) is 8.10. The number of phenolic OH excluding ortho intramolecular Hbond substituents is 1. The maximum atomic E-state index is 11.7. The normalized spacial score (nSPS) is 11.8. The Kier molecular flexibility index (Phi) is 9.23. The van der Waals surface area contributed by atoms with E-state index < -0.39 is 5.89 Å². The average Bonchev–Trinajstić information content (AvgIpc) is 3.65. The van der Waals surface area contributed by atoms with E-state index in [2.05, 4.69) is 139 Å². The van der Waals surface area contributed by atoms with Crippen LogP contribution in [0.15, 0.2) is 170 Å². The summed E-state index contributed by atoms with van der Waals surface area (Å²) in [5.74, 6) is -0.0716. The molecule has 282 valence electrons. The Morgan fingerprint density at radius 1 is 0.534 bits per heavy atom. The van der Waals surface area contributed by atoms with E-state index >= 15 is 0 Å². The summed E-state index contributed by atoms with van der Waals surface area (Å²) >= 11 is 0. The molecule has 2 heterocycles. The van der Waals surface area contributed by atoms with E-state index in [-0.39, 0.29) is 5.75 Å². The van der Waals surface area contributed by atoms with E-state index in [1.807, 2.05) is 70.3 Å². The molecule has 0 saturated carbocycles. The number of benzene rings is 7. The summed E-state index contributed by atoms with van der Waals surface area (Å²) in [6.45, 7) is 9.94. The van der Waals surface area contributed by atoms with Gasteiger partial charge in [0.2, 0.25) is 0 Å². The number of pyridine rings is 1. The molecule has 7 aromatic carbocycles. The van der Waals surface area contributed by atoms with Crippen molar-refractivity contribution in [3.8, 4) is 78.6 Å². The minimum Gasteiger partial charge on any atom is -0.507 e. The molecule has 9 rings (SSSR count). The molecule has 0 saturated heterocycles. The molecule has 0 radical (unpaired) electrons. The first-order valence-electron chi connectivity index (χ1n) is 20.3. The third-order valence-electron chi connectivity index (χ3n) is 11.0. The third-order valence-corrected chi connectivity index (χ3v) is 11.0. The second-order valence-electron chi connectivity index (χ2n) is 15.5. The van der Waals surface area contributed by atoms with Crippen LogP contribution in [0.5, 0.6) is 5.75 Å². The molecular weight excluding hydrogens is 707 g/mol. The maximum Gasteiger partial charge on any atom is 0.149 e. The van der Waals surface area contributed by atoms with Gasteiger partial charge in [0.1, 0.15) is 11.6 Å². The van der Waals surface area contributed by atoms with Crippen molar-refractivity contribution in [2.24, 2.45) is 0 Å². The van der Waals surface area contributed by atoms with Gasteiger partial charge in [-0.1, -0.05) is 129 Å². The Morgan fingerprint density at radius 3 is 1.97 bits per heavy atom. The number of aryl methyl sites for hydroxylation is 3. The molecule has 0 unspecified atom stereocenters. The van der Waals surface area contributed by atoms with Crippen LogP contribution in [0.25, 0.3) is 83.9 Å². The van der Waals surface area contributed by atoms with Crippen molar-refractivity contribution < 1.29 is 6.48 Å². The molecule has 0 spiro atoms. The first-order valence-corrected chi connectivity index (χ1v) is 19.8. The lowest BCUT2D eigenvalue weighted by molar-refractivity contribution is 0.472. The smallest absolute Gasteiger partial charge is 0.149 e. The van der Waals surface area contributed by atoms with Gasteiger partial charge in [-0.3, -0.25) is 9.55 Å². The molecule has 0 fully saturated rings. The topological polar surface area (TPSA) is 50.9 Å². The number of aromatic nitrogens is 3. The lowest BCUT2D eigenvalue weighted by Gasteiger charge is -2.18. The maximum absolute atomic E-state index is 11.7. The number of aromatic hydroxyl groups is 1. The van der Waals surface area contributed by atoms with Crippen LogP contribution < -0.4 is 0 Å². The standard InChI is InChI=1S/C54H45N3O/c1-34(2)48-33-45(23-24-46(48)40-15-10-7-11-16-40)57-51-18-12-17-47(52(51)56-54(57)49-28-36(4)27-37(5)53(49)58)43-29-42(38-13-8-6-9-14-38)30-44(31-43)50-32-41(25-26-55-50)39-21-19-35(3)20-22-39/h6-34,58H,1-5H3/i34D. The van der Waals surface area contributed by atoms with Gasteiger partial charge in [-0.05, 0) is 137 Å². The van der Waals surface area contributed by atoms with Crippen LogP contribution in [0, 0.1) is 20.8 Å². The Hall–Kier alpha value is -7.04. The highest BCUT2D eigenvalue weighted by molar-refractivity contribution is 5.98. The van der Waals surface area contributed by atoms with Crippen molar-refractivity contribution in [2.75, 3.05) is 0 Å². The predicted octanol–water partition coefficient (Wildman–Crippen LogP) is 14.2. The summed E-state index contributed by atoms with van der Waals surface area (Å²) < 4.78 is 11.4. The average molecular weight is 753 g/mol. The van der Waals surface area contributed by atoms with Crippen LogP contribution in [0.2, 0.25) is 0 Å². The quantitative estimate of drug-likeness (QED) is 0.168. The molecule has 2 aromatic heterocycles. The zero-order valence-corrected chi connectivity index (χ0v) is 33.5. The lowest BCUT2D eigenvalue weighted by atomic mass is 9.92. The lowest BCUT2D eigenvalue weighted by Crippen LogP contribution is -2.02. The zero-order valence-electron chi connectivity index (χ0n) is 34.5. The summed E-state index contributed by atoms with van der Waals surface area (Å²) in [7, 11) is 0. The van der Waals surface area contributed by atoms with Crippen LogP contribution in [-0.2, 0) is 0 Å². The molecule has 0 aliphatic rings. The summed E-state index contributed by atoms with van der Waals surface area (Å²) in [6.07, 6.45) is 1.89. The van der Waals surface area contributed by atoms with Crippen LogP contribution in [0.1, 0.15) is 43.4 Å². The molecule has 4 heteroatoms. The minimum atomic E-state index is -0.899. The van der Waals surface area contributed by atoms with E-state index in [0.717, 1.165) is 89.2 Å².